The highest BCUT2D eigenvalue weighted by Gasteiger charge is 2.25. The van der Waals surface area contributed by atoms with Crippen LogP contribution < -0.4 is 5.73 Å². The first-order chi connectivity index (χ1) is 9.49. The zero-order valence-electron chi connectivity index (χ0n) is 12.9. The third-order valence-electron chi connectivity index (χ3n) is 4.61. The fourth-order valence-corrected chi connectivity index (χ4v) is 4.72. The Bertz CT molecular complexity index is 636. The lowest BCUT2D eigenvalue weighted by Gasteiger charge is -2.25. The van der Waals surface area contributed by atoms with Crippen LogP contribution in [0, 0.1) is 20.8 Å². The molecule has 0 saturated carbocycles. The first-order valence-electron chi connectivity index (χ1n) is 7.52. The van der Waals surface area contributed by atoms with E-state index in [1.165, 1.54) is 45.1 Å². The first kappa shape index (κ1) is 13.9. The monoisotopic (exact) mass is 288 g/mol. The molecule has 0 saturated heterocycles. The van der Waals surface area contributed by atoms with Gasteiger partial charge in [-0.25, -0.2) is 0 Å². The first-order valence-corrected chi connectivity index (χ1v) is 8.33. The van der Waals surface area contributed by atoms with Crippen LogP contribution in [0.4, 0.5) is 0 Å². The molecule has 20 heavy (non-hydrogen) atoms. The SMILES string of the molecule is Cc1cc(C(C)n2c(C)cc3c2CCCC3N)c(C)s1. The van der Waals surface area contributed by atoms with Gasteiger partial charge in [0.2, 0.25) is 0 Å². The summed E-state index contributed by atoms with van der Waals surface area (Å²) in [7, 11) is 0. The summed E-state index contributed by atoms with van der Waals surface area (Å²) in [6.07, 6.45) is 3.51. The van der Waals surface area contributed by atoms with Crippen LogP contribution in [-0.2, 0) is 6.42 Å². The maximum absolute atomic E-state index is 6.29. The van der Waals surface area contributed by atoms with Crippen LogP contribution in [0.25, 0.3) is 0 Å². The Balaban J connectivity index is 2.08. The number of hydrogen-bond acceptors (Lipinski definition) is 2. The van der Waals surface area contributed by atoms with E-state index >= 15 is 0 Å². The lowest BCUT2D eigenvalue weighted by Crippen LogP contribution is -2.20. The summed E-state index contributed by atoms with van der Waals surface area (Å²) in [6.45, 7) is 8.97. The van der Waals surface area contributed by atoms with Gasteiger partial charge in [-0.3, -0.25) is 0 Å². The Morgan fingerprint density at radius 3 is 2.70 bits per heavy atom. The zero-order valence-corrected chi connectivity index (χ0v) is 13.7. The van der Waals surface area contributed by atoms with Crippen molar-refractivity contribution in [2.24, 2.45) is 5.73 Å². The van der Waals surface area contributed by atoms with Gasteiger partial charge >= 0.3 is 0 Å². The van der Waals surface area contributed by atoms with E-state index in [1.807, 2.05) is 11.3 Å². The van der Waals surface area contributed by atoms with Crippen LogP contribution in [0.15, 0.2) is 12.1 Å². The largest absolute Gasteiger partial charge is 0.341 e. The molecular formula is C17H24N2S. The molecule has 0 amide bonds. The molecule has 0 aromatic carbocycles. The summed E-state index contributed by atoms with van der Waals surface area (Å²) in [5.41, 5.74) is 12.0. The van der Waals surface area contributed by atoms with Crippen LogP contribution >= 0.6 is 11.3 Å². The third-order valence-corrected chi connectivity index (χ3v) is 5.60. The molecule has 1 aliphatic carbocycles. The molecule has 0 radical (unpaired) electrons. The second kappa shape index (κ2) is 5.05. The Morgan fingerprint density at radius 2 is 2.05 bits per heavy atom. The smallest absolute Gasteiger partial charge is 0.0568 e. The predicted octanol–water partition coefficient (Wildman–Crippen LogP) is 4.42. The number of aryl methyl sites for hydroxylation is 3. The Labute approximate surface area is 125 Å². The average molecular weight is 288 g/mol. The Morgan fingerprint density at radius 1 is 1.30 bits per heavy atom. The van der Waals surface area contributed by atoms with Gasteiger partial charge in [0, 0.05) is 27.2 Å². The highest BCUT2D eigenvalue weighted by atomic mass is 32.1. The van der Waals surface area contributed by atoms with Crippen LogP contribution in [0.1, 0.15) is 64.1 Å². The molecule has 2 aromatic rings. The van der Waals surface area contributed by atoms with Crippen molar-refractivity contribution in [3.8, 4) is 0 Å². The van der Waals surface area contributed by atoms with Crippen molar-refractivity contribution in [3.63, 3.8) is 0 Å². The third kappa shape index (κ3) is 2.13. The summed E-state index contributed by atoms with van der Waals surface area (Å²) >= 11 is 1.90. The van der Waals surface area contributed by atoms with Gasteiger partial charge in [-0.1, -0.05) is 0 Å². The maximum Gasteiger partial charge on any atom is 0.0568 e. The standard InChI is InChI=1S/C17H24N2S/c1-10-8-15-16(18)6-5-7-17(15)19(10)12(3)14-9-11(2)20-13(14)4/h8-9,12,16H,5-7,18H2,1-4H3. The van der Waals surface area contributed by atoms with E-state index in [-0.39, 0.29) is 6.04 Å². The number of aromatic nitrogens is 1. The van der Waals surface area contributed by atoms with E-state index in [0.717, 1.165) is 6.42 Å². The van der Waals surface area contributed by atoms with Gasteiger partial charge in [-0.15, -0.1) is 11.3 Å². The van der Waals surface area contributed by atoms with Crippen LogP contribution in [-0.4, -0.2) is 4.57 Å². The minimum atomic E-state index is 0.233. The molecule has 2 unspecified atom stereocenters. The number of thiophene rings is 1. The number of nitrogens with two attached hydrogens (primary N) is 1. The van der Waals surface area contributed by atoms with Crippen molar-refractivity contribution in [1.82, 2.24) is 4.57 Å². The summed E-state index contributed by atoms with van der Waals surface area (Å²) in [5.74, 6) is 0. The highest BCUT2D eigenvalue weighted by molar-refractivity contribution is 7.12. The Kier molecular flexibility index (Phi) is 3.51. The lowest BCUT2D eigenvalue weighted by molar-refractivity contribution is 0.521. The minimum Gasteiger partial charge on any atom is -0.341 e. The van der Waals surface area contributed by atoms with Crippen LogP contribution in [0.2, 0.25) is 0 Å². The number of fused-ring (bicyclic) bond motifs is 1. The van der Waals surface area contributed by atoms with Gasteiger partial charge in [-0.2, -0.15) is 0 Å². The van der Waals surface area contributed by atoms with E-state index in [1.54, 1.807) is 0 Å². The van der Waals surface area contributed by atoms with Crippen molar-refractivity contribution >= 4 is 11.3 Å². The molecule has 2 aromatic heterocycles. The number of nitrogens with zero attached hydrogens (tertiary/aromatic N) is 1. The van der Waals surface area contributed by atoms with E-state index < -0.39 is 0 Å². The van der Waals surface area contributed by atoms with Gasteiger partial charge < -0.3 is 10.3 Å². The fraction of sp³-hybridized carbons (Fsp3) is 0.529. The fourth-order valence-electron chi connectivity index (χ4n) is 3.70. The highest BCUT2D eigenvalue weighted by Crippen LogP contribution is 2.36. The molecule has 2 nitrogen and oxygen atoms in total. The van der Waals surface area contributed by atoms with E-state index in [9.17, 15) is 0 Å². The molecule has 1 aliphatic rings. The maximum atomic E-state index is 6.29. The average Bonchev–Trinajstić information content (AvgIpc) is 2.89. The molecule has 3 heteroatoms. The van der Waals surface area contributed by atoms with Crippen molar-refractivity contribution in [2.45, 2.75) is 59.0 Å². The summed E-state index contributed by atoms with van der Waals surface area (Å²) < 4.78 is 2.52. The zero-order chi connectivity index (χ0) is 14.4. The lowest BCUT2D eigenvalue weighted by atomic mass is 9.93. The molecule has 2 atom stereocenters. The second-order valence-electron chi connectivity index (χ2n) is 6.10. The normalized spacial score (nSPS) is 19.9. The number of hydrogen-bond donors (Lipinski definition) is 1. The molecule has 0 fully saturated rings. The van der Waals surface area contributed by atoms with Crippen LogP contribution in [0.3, 0.4) is 0 Å². The molecule has 0 spiro atoms. The van der Waals surface area contributed by atoms with Gasteiger partial charge in [0.05, 0.1) is 6.04 Å². The van der Waals surface area contributed by atoms with Crippen molar-refractivity contribution in [2.75, 3.05) is 0 Å². The molecule has 2 heterocycles. The Hall–Kier alpha value is -1.06. The van der Waals surface area contributed by atoms with E-state index in [4.69, 9.17) is 5.73 Å². The van der Waals surface area contributed by atoms with Crippen molar-refractivity contribution in [3.05, 3.63) is 44.4 Å². The summed E-state index contributed by atoms with van der Waals surface area (Å²) in [5, 5.41) is 0. The van der Waals surface area contributed by atoms with Gasteiger partial charge in [0.25, 0.3) is 0 Å². The van der Waals surface area contributed by atoms with Crippen LogP contribution in [0.5, 0.6) is 0 Å². The van der Waals surface area contributed by atoms with Crippen molar-refractivity contribution in [1.29, 1.82) is 0 Å². The van der Waals surface area contributed by atoms with Gasteiger partial charge in [-0.05, 0) is 70.2 Å². The van der Waals surface area contributed by atoms with Gasteiger partial charge in [0.15, 0.2) is 0 Å². The number of rotatable bonds is 2. The molecular weight excluding hydrogens is 264 g/mol. The summed E-state index contributed by atoms with van der Waals surface area (Å²) in [6, 6.07) is 5.30. The molecule has 2 N–H and O–H groups in total. The van der Waals surface area contributed by atoms with Gasteiger partial charge in [0.1, 0.15) is 0 Å². The molecule has 0 bridgehead atoms. The second-order valence-corrected chi connectivity index (χ2v) is 7.56. The van der Waals surface area contributed by atoms with E-state index in [2.05, 4.69) is 44.4 Å². The molecule has 108 valence electrons. The quantitative estimate of drug-likeness (QED) is 0.871. The summed E-state index contributed by atoms with van der Waals surface area (Å²) in [4.78, 5) is 2.84. The minimum absolute atomic E-state index is 0.233. The molecule has 3 rings (SSSR count). The molecule has 0 aliphatic heterocycles. The predicted molar refractivity (Wildman–Crippen MR) is 86.6 cm³/mol. The van der Waals surface area contributed by atoms with E-state index in [0.29, 0.717) is 6.04 Å². The topological polar surface area (TPSA) is 30.9 Å². The van der Waals surface area contributed by atoms with Crippen molar-refractivity contribution < 1.29 is 0 Å².